The molecule has 0 saturated heterocycles. The first-order valence-electron chi connectivity index (χ1n) is 3.24. The summed E-state index contributed by atoms with van der Waals surface area (Å²) in [6.45, 7) is 0. The molecular formula is C7H7NO4. The van der Waals surface area contributed by atoms with Gasteiger partial charge in [-0.25, -0.2) is 0 Å². The highest BCUT2D eigenvalue weighted by molar-refractivity contribution is 6.04. The van der Waals surface area contributed by atoms with Gasteiger partial charge in [0.1, 0.15) is 18.4 Å². The fraction of sp³-hybridized carbons (Fsp3) is 0.286. The van der Waals surface area contributed by atoms with E-state index in [1.165, 1.54) is 19.4 Å². The zero-order valence-electron chi connectivity index (χ0n) is 6.44. The minimum Gasteiger partial charge on any atom is -0.469 e. The Kier molecular flexibility index (Phi) is 2.57. The van der Waals surface area contributed by atoms with Crippen molar-refractivity contribution in [2.45, 2.75) is 6.42 Å². The van der Waals surface area contributed by atoms with Gasteiger partial charge in [0.15, 0.2) is 5.78 Å². The lowest BCUT2D eigenvalue weighted by molar-refractivity contribution is -0.139. The van der Waals surface area contributed by atoms with Gasteiger partial charge in [-0.15, -0.1) is 0 Å². The van der Waals surface area contributed by atoms with Crippen molar-refractivity contribution in [2.75, 3.05) is 7.11 Å². The van der Waals surface area contributed by atoms with Gasteiger partial charge in [-0.1, -0.05) is 5.16 Å². The number of carbonyl (C=O) groups excluding carboxylic acids is 2. The first-order chi connectivity index (χ1) is 5.74. The van der Waals surface area contributed by atoms with Crippen LogP contribution in [0, 0.1) is 0 Å². The molecule has 1 aromatic rings. The molecule has 0 fully saturated rings. The van der Waals surface area contributed by atoms with Crippen LogP contribution in [0.5, 0.6) is 0 Å². The number of esters is 1. The first-order valence-corrected chi connectivity index (χ1v) is 3.24. The minimum atomic E-state index is -0.581. The van der Waals surface area contributed by atoms with Crippen molar-refractivity contribution in [3.05, 3.63) is 18.0 Å². The summed E-state index contributed by atoms with van der Waals surface area (Å²) in [6.07, 6.45) is 0.966. The number of nitrogens with zero attached hydrogens (tertiary/aromatic N) is 1. The molecule has 0 aliphatic rings. The van der Waals surface area contributed by atoms with Crippen molar-refractivity contribution in [2.24, 2.45) is 0 Å². The molecule has 0 bridgehead atoms. The molecule has 1 rings (SSSR count). The molecule has 5 heteroatoms. The molecule has 0 saturated carbocycles. The molecule has 5 nitrogen and oxygen atoms in total. The summed E-state index contributed by atoms with van der Waals surface area (Å²) >= 11 is 0. The molecule has 0 N–H and O–H groups in total. The summed E-state index contributed by atoms with van der Waals surface area (Å²) in [5.41, 5.74) is 0.139. The van der Waals surface area contributed by atoms with Crippen LogP contribution in [-0.4, -0.2) is 24.0 Å². The van der Waals surface area contributed by atoms with Crippen LogP contribution in [0.3, 0.4) is 0 Å². The van der Waals surface area contributed by atoms with E-state index in [4.69, 9.17) is 0 Å². The third-order valence-electron chi connectivity index (χ3n) is 1.26. The van der Waals surface area contributed by atoms with E-state index in [1.807, 2.05) is 0 Å². The standard InChI is InChI=1S/C7H7NO4/c1-11-7(10)4-6(9)5-2-3-12-8-5/h2-3H,4H2,1H3. The van der Waals surface area contributed by atoms with Crippen molar-refractivity contribution in [1.29, 1.82) is 0 Å². The molecule has 0 radical (unpaired) electrons. The normalized spacial score (nSPS) is 9.42. The third kappa shape index (κ3) is 1.91. The predicted molar refractivity (Wildman–Crippen MR) is 37.5 cm³/mol. The fourth-order valence-corrected chi connectivity index (χ4v) is 0.650. The van der Waals surface area contributed by atoms with Gasteiger partial charge in [0.05, 0.1) is 7.11 Å². The van der Waals surface area contributed by atoms with E-state index >= 15 is 0 Å². The van der Waals surface area contributed by atoms with Gasteiger partial charge in [-0.3, -0.25) is 9.59 Å². The van der Waals surface area contributed by atoms with E-state index in [9.17, 15) is 9.59 Å². The Hall–Kier alpha value is -1.65. The molecule has 0 aliphatic heterocycles. The quantitative estimate of drug-likeness (QED) is 0.372. The lowest BCUT2D eigenvalue weighted by Gasteiger charge is -1.93. The predicted octanol–water partition coefficient (Wildman–Crippen LogP) is 0.420. The third-order valence-corrected chi connectivity index (χ3v) is 1.26. The number of ketones is 1. The van der Waals surface area contributed by atoms with E-state index in [1.54, 1.807) is 0 Å². The number of aromatic nitrogens is 1. The maximum Gasteiger partial charge on any atom is 0.313 e. The Morgan fingerprint density at radius 1 is 1.67 bits per heavy atom. The van der Waals surface area contributed by atoms with Gasteiger partial charge in [-0.05, 0) is 0 Å². The Labute approximate surface area is 68.3 Å². The Morgan fingerprint density at radius 3 is 2.92 bits per heavy atom. The summed E-state index contributed by atoms with van der Waals surface area (Å²) in [5, 5.41) is 3.37. The van der Waals surface area contributed by atoms with Crippen LogP contribution in [0.25, 0.3) is 0 Å². The minimum absolute atomic E-state index is 0.139. The molecule has 0 aliphatic carbocycles. The van der Waals surface area contributed by atoms with E-state index in [0.29, 0.717) is 0 Å². The maximum atomic E-state index is 11.1. The molecule has 12 heavy (non-hydrogen) atoms. The molecular weight excluding hydrogens is 162 g/mol. The van der Waals surface area contributed by atoms with Gasteiger partial charge in [-0.2, -0.15) is 0 Å². The number of methoxy groups -OCH3 is 1. The summed E-state index contributed by atoms with van der Waals surface area (Å²) in [6, 6.07) is 1.39. The van der Waals surface area contributed by atoms with E-state index < -0.39 is 11.8 Å². The van der Waals surface area contributed by atoms with Crippen molar-refractivity contribution >= 4 is 11.8 Å². The topological polar surface area (TPSA) is 69.4 Å². The highest BCUT2D eigenvalue weighted by atomic mass is 16.5. The molecule has 0 spiro atoms. The second-order valence-corrected chi connectivity index (χ2v) is 2.06. The van der Waals surface area contributed by atoms with Crippen LogP contribution in [0.4, 0.5) is 0 Å². The molecule has 1 heterocycles. The van der Waals surface area contributed by atoms with Crippen LogP contribution >= 0.6 is 0 Å². The smallest absolute Gasteiger partial charge is 0.313 e. The van der Waals surface area contributed by atoms with Crippen LogP contribution in [0.15, 0.2) is 16.9 Å². The molecule has 0 atom stereocenters. The van der Waals surface area contributed by atoms with Gasteiger partial charge in [0.25, 0.3) is 0 Å². The number of carbonyl (C=O) groups is 2. The van der Waals surface area contributed by atoms with Gasteiger partial charge >= 0.3 is 5.97 Å². The average molecular weight is 169 g/mol. The first kappa shape index (κ1) is 8.45. The van der Waals surface area contributed by atoms with Crippen molar-refractivity contribution in [3.8, 4) is 0 Å². The maximum absolute atomic E-state index is 11.1. The van der Waals surface area contributed by atoms with Gasteiger partial charge < -0.3 is 9.26 Å². The molecule has 64 valence electrons. The van der Waals surface area contributed by atoms with Gasteiger partial charge in [0, 0.05) is 6.07 Å². The van der Waals surface area contributed by atoms with Crippen molar-refractivity contribution in [1.82, 2.24) is 5.16 Å². The van der Waals surface area contributed by atoms with E-state index in [2.05, 4.69) is 14.4 Å². The number of ether oxygens (including phenoxy) is 1. The van der Waals surface area contributed by atoms with Crippen LogP contribution in [0.1, 0.15) is 16.9 Å². The summed E-state index contributed by atoms with van der Waals surface area (Å²) in [5.74, 6) is -0.987. The zero-order chi connectivity index (χ0) is 8.97. The SMILES string of the molecule is COC(=O)CC(=O)c1ccon1. The summed E-state index contributed by atoms with van der Waals surface area (Å²) in [4.78, 5) is 21.7. The van der Waals surface area contributed by atoms with Gasteiger partial charge in [0.2, 0.25) is 0 Å². The van der Waals surface area contributed by atoms with Crippen LogP contribution < -0.4 is 0 Å². The van der Waals surface area contributed by atoms with Crippen LogP contribution in [0.2, 0.25) is 0 Å². The Balaban J connectivity index is 2.56. The monoisotopic (exact) mass is 169 g/mol. The largest absolute Gasteiger partial charge is 0.469 e. The van der Waals surface area contributed by atoms with Crippen LogP contribution in [-0.2, 0) is 9.53 Å². The van der Waals surface area contributed by atoms with E-state index in [0.717, 1.165) is 0 Å². The second kappa shape index (κ2) is 3.66. The lowest BCUT2D eigenvalue weighted by atomic mass is 10.2. The summed E-state index contributed by atoms with van der Waals surface area (Å²) in [7, 11) is 1.22. The number of Topliss-reactive ketones (excluding diaryl/α,β-unsaturated/α-hetero) is 1. The number of hydrogen-bond donors (Lipinski definition) is 0. The highest BCUT2D eigenvalue weighted by Gasteiger charge is 2.13. The Bertz CT molecular complexity index is 278. The van der Waals surface area contributed by atoms with Crippen molar-refractivity contribution in [3.63, 3.8) is 0 Å². The molecule has 0 aromatic carbocycles. The van der Waals surface area contributed by atoms with Crippen molar-refractivity contribution < 1.29 is 18.8 Å². The molecule has 0 unspecified atom stereocenters. The molecule has 1 aromatic heterocycles. The number of rotatable bonds is 3. The molecule has 0 amide bonds. The highest BCUT2D eigenvalue weighted by Crippen LogP contribution is 2.00. The lowest BCUT2D eigenvalue weighted by Crippen LogP contribution is -2.09. The number of hydrogen-bond acceptors (Lipinski definition) is 5. The second-order valence-electron chi connectivity index (χ2n) is 2.06. The Morgan fingerprint density at radius 2 is 2.42 bits per heavy atom. The average Bonchev–Trinajstić information content (AvgIpc) is 2.56. The van der Waals surface area contributed by atoms with E-state index in [-0.39, 0.29) is 12.1 Å². The summed E-state index contributed by atoms with van der Waals surface area (Å²) < 4.78 is 8.73. The fourth-order valence-electron chi connectivity index (χ4n) is 0.650. The zero-order valence-corrected chi connectivity index (χ0v) is 6.44.